The smallest absolute Gasteiger partial charge is 0.378 e. The highest BCUT2D eigenvalue weighted by molar-refractivity contribution is 7.91. The molecule has 182 valence electrons. The average Bonchev–Trinajstić information content (AvgIpc) is 3.28. The lowest BCUT2D eigenvalue weighted by atomic mass is 9.95. The SMILES string of the molecule is C[C@@](O)(c1ccc(N2CCN(S(=O)(=O)c3cccs3)C[C@@H]2CNC2COC2)cc1)C(F)(F)F. The number of sulfonamides is 1. The van der Waals surface area contributed by atoms with E-state index in [2.05, 4.69) is 5.32 Å². The van der Waals surface area contributed by atoms with Crippen LogP contribution in [-0.2, 0) is 20.4 Å². The summed E-state index contributed by atoms with van der Waals surface area (Å²) >= 11 is 1.17. The standard InChI is InChI=1S/C21H26F3N3O4S2/c1-20(28,21(22,23)24)15-4-6-17(7-5-15)27-9-8-26(33(29,30)19-3-2-10-32-19)12-18(27)11-25-16-13-31-14-16/h2-7,10,16,18,25,28H,8-9,11-14H2,1H3/t18-,20+/m0/s1. The Bertz CT molecular complexity index is 1040. The summed E-state index contributed by atoms with van der Waals surface area (Å²) in [6, 6.07) is 8.85. The minimum atomic E-state index is -4.80. The molecule has 0 radical (unpaired) electrons. The van der Waals surface area contributed by atoms with Gasteiger partial charge in [-0.3, -0.25) is 0 Å². The molecule has 2 atom stereocenters. The van der Waals surface area contributed by atoms with E-state index in [1.807, 2.05) is 4.90 Å². The van der Waals surface area contributed by atoms with Gasteiger partial charge >= 0.3 is 6.18 Å². The fraction of sp³-hybridized carbons (Fsp3) is 0.524. The van der Waals surface area contributed by atoms with Crippen molar-refractivity contribution in [2.75, 3.05) is 44.3 Å². The van der Waals surface area contributed by atoms with Gasteiger partial charge in [-0.25, -0.2) is 8.42 Å². The molecule has 0 saturated carbocycles. The molecular formula is C21H26F3N3O4S2. The van der Waals surface area contributed by atoms with Gasteiger partial charge in [0.2, 0.25) is 0 Å². The number of piperazine rings is 1. The van der Waals surface area contributed by atoms with Gasteiger partial charge in [0.25, 0.3) is 10.0 Å². The Morgan fingerprint density at radius 1 is 1.18 bits per heavy atom. The number of nitrogens with zero attached hydrogens (tertiary/aromatic N) is 2. The summed E-state index contributed by atoms with van der Waals surface area (Å²) in [5, 5.41) is 15.0. The van der Waals surface area contributed by atoms with Crippen LogP contribution in [0.2, 0.25) is 0 Å². The van der Waals surface area contributed by atoms with Crippen LogP contribution in [0.5, 0.6) is 0 Å². The van der Waals surface area contributed by atoms with Crippen molar-refractivity contribution in [3.05, 3.63) is 47.3 Å². The fourth-order valence-electron chi connectivity index (χ4n) is 3.89. The van der Waals surface area contributed by atoms with Crippen molar-refractivity contribution in [1.29, 1.82) is 0 Å². The summed E-state index contributed by atoms with van der Waals surface area (Å²) < 4.78 is 72.5. The Kier molecular flexibility index (Phi) is 6.78. The number of thiophene rings is 1. The van der Waals surface area contributed by atoms with E-state index >= 15 is 0 Å². The second-order valence-electron chi connectivity index (χ2n) is 8.40. The first kappa shape index (κ1) is 24.4. The molecule has 1 aromatic carbocycles. The van der Waals surface area contributed by atoms with E-state index in [1.54, 1.807) is 29.6 Å². The topological polar surface area (TPSA) is 82.1 Å². The maximum Gasteiger partial charge on any atom is 0.421 e. The van der Waals surface area contributed by atoms with Crippen LogP contribution in [0.3, 0.4) is 0 Å². The minimum absolute atomic E-state index is 0.195. The van der Waals surface area contributed by atoms with Crippen LogP contribution >= 0.6 is 11.3 Å². The van der Waals surface area contributed by atoms with Crippen molar-refractivity contribution >= 4 is 27.0 Å². The summed E-state index contributed by atoms with van der Waals surface area (Å²) in [5.41, 5.74) is -2.54. The van der Waals surface area contributed by atoms with Gasteiger partial charge in [-0.05, 0) is 36.1 Å². The van der Waals surface area contributed by atoms with Crippen LogP contribution in [0, 0.1) is 0 Å². The Hall–Kier alpha value is -1.70. The number of aliphatic hydroxyl groups is 1. The third-order valence-electron chi connectivity index (χ3n) is 6.13. The fourth-order valence-corrected chi connectivity index (χ4v) is 6.51. The first-order valence-corrected chi connectivity index (χ1v) is 12.8. The van der Waals surface area contributed by atoms with E-state index in [0.717, 1.165) is 6.92 Å². The van der Waals surface area contributed by atoms with Crippen LogP contribution in [0.4, 0.5) is 18.9 Å². The number of alkyl halides is 3. The molecule has 2 saturated heterocycles. The molecular weight excluding hydrogens is 479 g/mol. The zero-order valence-electron chi connectivity index (χ0n) is 18.0. The van der Waals surface area contributed by atoms with E-state index in [4.69, 9.17) is 4.74 Å². The zero-order valence-corrected chi connectivity index (χ0v) is 19.6. The Balaban J connectivity index is 1.55. The van der Waals surface area contributed by atoms with Crippen molar-refractivity contribution in [3.63, 3.8) is 0 Å². The van der Waals surface area contributed by atoms with Crippen LogP contribution in [0.15, 0.2) is 46.0 Å². The molecule has 7 nitrogen and oxygen atoms in total. The van der Waals surface area contributed by atoms with E-state index in [9.17, 15) is 26.7 Å². The average molecular weight is 506 g/mol. The number of halogens is 3. The summed E-state index contributed by atoms with van der Waals surface area (Å²) in [6.07, 6.45) is -4.80. The zero-order chi connectivity index (χ0) is 23.9. The van der Waals surface area contributed by atoms with Crippen LogP contribution < -0.4 is 10.2 Å². The molecule has 0 amide bonds. The van der Waals surface area contributed by atoms with Crippen LogP contribution in [-0.4, -0.2) is 75.5 Å². The second kappa shape index (κ2) is 9.16. The predicted octanol–water partition coefficient (Wildman–Crippen LogP) is 2.39. The van der Waals surface area contributed by atoms with Gasteiger partial charge in [0, 0.05) is 31.9 Å². The number of anilines is 1. The van der Waals surface area contributed by atoms with Crippen molar-refractivity contribution in [1.82, 2.24) is 9.62 Å². The minimum Gasteiger partial charge on any atom is -0.378 e. The summed E-state index contributed by atoms with van der Waals surface area (Å²) in [7, 11) is -3.62. The van der Waals surface area contributed by atoms with Crippen LogP contribution in [0.25, 0.3) is 0 Å². The first-order chi connectivity index (χ1) is 15.5. The van der Waals surface area contributed by atoms with Gasteiger partial charge in [0.05, 0.1) is 25.3 Å². The second-order valence-corrected chi connectivity index (χ2v) is 11.5. The molecule has 0 unspecified atom stereocenters. The van der Waals surface area contributed by atoms with Gasteiger partial charge in [0.1, 0.15) is 4.21 Å². The molecule has 2 aromatic rings. The molecule has 2 N–H and O–H groups in total. The summed E-state index contributed by atoms with van der Waals surface area (Å²) in [5.74, 6) is 0. The highest BCUT2D eigenvalue weighted by atomic mass is 32.2. The Labute approximate surface area is 194 Å². The van der Waals surface area contributed by atoms with E-state index in [0.29, 0.717) is 32.0 Å². The maximum atomic E-state index is 13.2. The molecule has 0 spiro atoms. The monoisotopic (exact) mass is 505 g/mol. The lowest BCUT2D eigenvalue weighted by molar-refractivity contribution is -0.258. The molecule has 1 aromatic heterocycles. The number of hydrogen-bond acceptors (Lipinski definition) is 7. The number of ether oxygens (including phenoxy) is 1. The molecule has 12 heteroatoms. The highest BCUT2D eigenvalue weighted by Gasteiger charge is 2.51. The van der Waals surface area contributed by atoms with Gasteiger partial charge in [0.15, 0.2) is 5.60 Å². The van der Waals surface area contributed by atoms with Gasteiger partial charge in [-0.15, -0.1) is 11.3 Å². The molecule has 0 aliphatic carbocycles. The van der Waals surface area contributed by atoms with Gasteiger partial charge in [-0.2, -0.15) is 17.5 Å². The molecule has 3 heterocycles. The first-order valence-electron chi connectivity index (χ1n) is 10.5. The number of hydrogen-bond donors (Lipinski definition) is 2. The van der Waals surface area contributed by atoms with E-state index < -0.39 is 21.8 Å². The lowest BCUT2D eigenvalue weighted by Crippen LogP contribution is -2.60. The Morgan fingerprint density at radius 3 is 2.42 bits per heavy atom. The summed E-state index contributed by atoms with van der Waals surface area (Å²) in [6.45, 7) is 3.27. The number of nitrogens with one attached hydrogen (secondary N) is 1. The van der Waals surface area contributed by atoms with Crippen molar-refractivity contribution < 1.29 is 31.4 Å². The largest absolute Gasteiger partial charge is 0.421 e. The quantitative estimate of drug-likeness (QED) is 0.602. The molecule has 2 fully saturated rings. The third-order valence-corrected chi connectivity index (χ3v) is 9.37. The highest BCUT2D eigenvalue weighted by Crippen LogP contribution is 2.39. The molecule has 2 aliphatic heterocycles. The van der Waals surface area contributed by atoms with Crippen molar-refractivity contribution in [3.8, 4) is 0 Å². The van der Waals surface area contributed by atoms with Crippen molar-refractivity contribution in [2.45, 2.75) is 35.0 Å². The van der Waals surface area contributed by atoms with E-state index in [-0.39, 0.29) is 34.9 Å². The molecule has 0 bridgehead atoms. The summed E-state index contributed by atoms with van der Waals surface area (Å²) in [4.78, 5) is 2.00. The van der Waals surface area contributed by atoms with Crippen LogP contribution in [0.1, 0.15) is 12.5 Å². The normalized spacial score (nSPS) is 22.7. The van der Waals surface area contributed by atoms with Gasteiger partial charge in [-0.1, -0.05) is 18.2 Å². The molecule has 33 heavy (non-hydrogen) atoms. The maximum absolute atomic E-state index is 13.2. The number of rotatable bonds is 7. The van der Waals surface area contributed by atoms with Crippen molar-refractivity contribution in [2.24, 2.45) is 0 Å². The third kappa shape index (κ3) is 4.91. The Morgan fingerprint density at radius 2 is 1.88 bits per heavy atom. The van der Waals surface area contributed by atoms with Gasteiger partial charge < -0.3 is 20.1 Å². The lowest BCUT2D eigenvalue weighted by Gasteiger charge is -2.43. The molecule has 2 aliphatic rings. The number of benzene rings is 1. The van der Waals surface area contributed by atoms with E-state index in [1.165, 1.54) is 27.8 Å². The predicted molar refractivity (Wildman–Crippen MR) is 119 cm³/mol. The molecule has 4 rings (SSSR count).